The zero-order chi connectivity index (χ0) is 11.6. The predicted molar refractivity (Wildman–Crippen MR) is 64.6 cm³/mol. The molecule has 1 amide bonds. The quantitative estimate of drug-likeness (QED) is 0.642. The van der Waals surface area contributed by atoms with Crippen LogP contribution in [0.5, 0.6) is 5.75 Å². The van der Waals surface area contributed by atoms with Gasteiger partial charge < -0.3 is 10.4 Å². The molecule has 0 aliphatic carbocycles. The summed E-state index contributed by atoms with van der Waals surface area (Å²) in [5, 5.41) is 12.2. The van der Waals surface area contributed by atoms with Crippen LogP contribution < -0.4 is 5.32 Å². The van der Waals surface area contributed by atoms with Crippen LogP contribution in [-0.4, -0.2) is 15.8 Å². The van der Waals surface area contributed by atoms with Crippen molar-refractivity contribution in [1.82, 2.24) is 0 Å². The van der Waals surface area contributed by atoms with Crippen molar-refractivity contribution in [2.45, 2.75) is 25.6 Å². The van der Waals surface area contributed by atoms with Crippen molar-refractivity contribution in [2.24, 2.45) is 0 Å². The zero-order valence-corrected chi connectivity index (χ0v) is 10.6. The summed E-state index contributed by atoms with van der Waals surface area (Å²) in [7, 11) is 0. The highest BCUT2D eigenvalue weighted by atomic mass is 79.9. The van der Waals surface area contributed by atoms with E-state index in [-0.39, 0.29) is 16.5 Å². The van der Waals surface area contributed by atoms with Gasteiger partial charge in [-0.15, -0.1) is 0 Å². The number of phenolic OH excluding ortho intramolecular Hbond substituents is 1. The number of alkyl halides is 1. The van der Waals surface area contributed by atoms with Gasteiger partial charge in [-0.2, -0.15) is 0 Å². The van der Waals surface area contributed by atoms with Crippen LogP contribution in [0.2, 0.25) is 0 Å². The Morgan fingerprint density at radius 3 is 2.53 bits per heavy atom. The van der Waals surface area contributed by atoms with Crippen molar-refractivity contribution in [3.8, 4) is 5.75 Å². The minimum atomic E-state index is -0.231. The number of aryl methyl sites for hydroxylation is 2. The number of benzene rings is 1. The lowest BCUT2D eigenvalue weighted by Gasteiger charge is -2.11. The Morgan fingerprint density at radius 1 is 1.40 bits per heavy atom. The van der Waals surface area contributed by atoms with Crippen molar-refractivity contribution in [1.29, 1.82) is 0 Å². The van der Waals surface area contributed by atoms with E-state index >= 15 is 0 Å². The van der Waals surface area contributed by atoms with E-state index in [9.17, 15) is 9.90 Å². The van der Waals surface area contributed by atoms with E-state index in [1.54, 1.807) is 26.0 Å². The van der Waals surface area contributed by atoms with Gasteiger partial charge in [0.25, 0.3) is 0 Å². The fraction of sp³-hybridized carbons (Fsp3) is 0.364. The molecule has 0 saturated carbocycles. The van der Waals surface area contributed by atoms with Gasteiger partial charge in [0, 0.05) is 5.69 Å². The number of hydrogen-bond acceptors (Lipinski definition) is 2. The molecule has 0 spiro atoms. The topological polar surface area (TPSA) is 49.3 Å². The minimum absolute atomic E-state index is 0.0943. The predicted octanol–water partition coefficient (Wildman–Crippen LogP) is 2.73. The Hall–Kier alpha value is -1.03. The lowest BCUT2D eigenvalue weighted by atomic mass is 10.1. The summed E-state index contributed by atoms with van der Waals surface area (Å²) < 4.78 is 0. The van der Waals surface area contributed by atoms with Gasteiger partial charge in [0.2, 0.25) is 5.91 Å². The Kier molecular flexibility index (Phi) is 3.74. The smallest absolute Gasteiger partial charge is 0.237 e. The summed E-state index contributed by atoms with van der Waals surface area (Å²) >= 11 is 3.19. The third kappa shape index (κ3) is 2.96. The van der Waals surface area contributed by atoms with Crippen LogP contribution in [0.25, 0.3) is 0 Å². The maximum atomic E-state index is 11.4. The molecule has 0 bridgehead atoms. The van der Waals surface area contributed by atoms with Gasteiger partial charge in [0.15, 0.2) is 0 Å². The zero-order valence-electron chi connectivity index (χ0n) is 8.97. The van der Waals surface area contributed by atoms with E-state index in [0.717, 1.165) is 16.8 Å². The third-order valence-electron chi connectivity index (χ3n) is 2.16. The van der Waals surface area contributed by atoms with Crippen LogP contribution in [0.15, 0.2) is 12.1 Å². The van der Waals surface area contributed by atoms with Crippen LogP contribution in [0.1, 0.15) is 18.1 Å². The molecule has 15 heavy (non-hydrogen) atoms. The molecule has 1 unspecified atom stereocenters. The molecule has 0 saturated heterocycles. The molecular weight excluding hydrogens is 258 g/mol. The summed E-state index contributed by atoms with van der Waals surface area (Å²) in [5.74, 6) is 0.153. The van der Waals surface area contributed by atoms with Gasteiger partial charge in [0.1, 0.15) is 5.75 Å². The molecule has 0 aliphatic heterocycles. The van der Waals surface area contributed by atoms with Gasteiger partial charge >= 0.3 is 0 Å². The molecule has 1 atom stereocenters. The Morgan fingerprint density at radius 2 is 2.00 bits per heavy atom. The van der Waals surface area contributed by atoms with E-state index in [2.05, 4.69) is 21.2 Å². The molecule has 0 aliphatic rings. The van der Waals surface area contributed by atoms with E-state index in [1.165, 1.54) is 0 Å². The molecule has 1 aromatic carbocycles. The molecule has 0 aromatic heterocycles. The number of rotatable bonds is 2. The first-order chi connectivity index (χ1) is 6.91. The molecule has 0 fully saturated rings. The molecule has 0 heterocycles. The highest BCUT2D eigenvalue weighted by Crippen LogP contribution is 2.25. The van der Waals surface area contributed by atoms with Gasteiger partial charge in [-0.1, -0.05) is 15.9 Å². The maximum absolute atomic E-state index is 11.4. The number of amides is 1. The molecule has 2 N–H and O–H groups in total. The highest BCUT2D eigenvalue weighted by molar-refractivity contribution is 9.10. The van der Waals surface area contributed by atoms with Crippen molar-refractivity contribution in [3.63, 3.8) is 0 Å². The fourth-order valence-corrected chi connectivity index (χ4v) is 1.28. The van der Waals surface area contributed by atoms with Crippen LogP contribution in [0.3, 0.4) is 0 Å². The molecule has 0 radical (unpaired) electrons. The summed E-state index contributed by atoms with van der Waals surface area (Å²) in [4.78, 5) is 11.2. The van der Waals surface area contributed by atoms with E-state index in [1.807, 2.05) is 6.92 Å². The molecule has 1 aromatic rings. The molecule has 1 rings (SSSR count). The second-order valence-electron chi connectivity index (χ2n) is 3.56. The SMILES string of the molecule is Cc1cc(NC(=O)C(C)Br)c(C)cc1O. The van der Waals surface area contributed by atoms with Gasteiger partial charge in [-0.05, 0) is 44.0 Å². The monoisotopic (exact) mass is 271 g/mol. The lowest BCUT2D eigenvalue weighted by Crippen LogP contribution is -2.20. The second kappa shape index (κ2) is 4.66. The maximum Gasteiger partial charge on any atom is 0.237 e. The number of carbonyl (C=O) groups is 1. The Labute approximate surface area is 97.6 Å². The number of hydrogen-bond donors (Lipinski definition) is 2. The van der Waals surface area contributed by atoms with Gasteiger partial charge in [0.05, 0.1) is 4.83 Å². The second-order valence-corrected chi connectivity index (χ2v) is 4.93. The number of aromatic hydroxyl groups is 1. The van der Waals surface area contributed by atoms with Crippen LogP contribution in [0.4, 0.5) is 5.69 Å². The lowest BCUT2D eigenvalue weighted by molar-refractivity contribution is -0.115. The summed E-state index contributed by atoms with van der Waals surface area (Å²) in [6.45, 7) is 5.40. The first kappa shape index (κ1) is 12.0. The van der Waals surface area contributed by atoms with Crippen molar-refractivity contribution < 1.29 is 9.90 Å². The number of anilines is 1. The van der Waals surface area contributed by atoms with Gasteiger partial charge in [-0.25, -0.2) is 0 Å². The minimum Gasteiger partial charge on any atom is -0.508 e. The average Bonchev–Trinajstić information content (AvgIpc) is 2.13. The standard InChI is InChI=1S/C11H14BrNO2/c1-6-5-10(14)7(2)4-9(6)13-11(15)8(3)12/h4-5,8,14H,1-3H3,(H,13,15). The molecule has 4 heteroatoms. The average molecular weight is 272 g/mol. The normalized spacial score (nSPS) is 12.3. The summed E-state index contributed by atoms with van der Waals surface area (Å²) in [6.07, 6.45) is 0. The van der Waals surface area contributed by atoms with Crippen molar-refractivity contribution in [3.05, 3.63) is 23.3 Å². The Balaban J connectivity index is 2.96. The largest absolute Gasteiger partial charge is 0.508 e. The number of nitrogens with one attached hydrogen (secondary N) is 1. The molecule has 82 valence electrons. The van der Waals surface area contributed by atoms with Crippen LogP contribution in [0, 0.1) is 13.8 Å². The highest BCUT2D eigenvalue weighted by Gasteiger charge is 2.11. The van der Waals surface area contributed by atoms with Crippen molar-refractivity contribution >= 4 is 27.5 Å². The van der Waals surface area contributed by atoms with Crippen LogP contribution in [-0.2, 0) is 4.79 Å². The summed E-state index contributed by atoms with van der Waals surface area (Å²) in [5.41, 5.74) is 2.33. The number of carbonyl (C=O) groups excluding carboxylic acids is 1. The van der Waals surface area contributed by atoms with Crippen molar-refractivity contribution in [2.75, 3.05) is 5.32 Å². The molecular formula is C11H14BrNO2. The van der Waals surface area contributed by atoms with E-state index in [4.69, 9.17) is 0 Å². The first-order valence-corrected chi connectivity index (χ1v) is 5.58. The number of halogens is 1. The summed E-state index contributed by atoms with van der Waals surface area (Å²) in [6, 6.07) is 3.40. The fourth-order valence-electron chi connectivity index (χ4n) is 1.17. The van der Waals surface area contributed by atoms with E-state index < -0.39 is 0 Å². The number of phenols is 1. The molecule has 3 nitrogen and oxygen atoms in total. The van der Waals surface area contributed by atoms with Gasteiger partial charge in [-0.3, -0.25) is 4.79 Å². The Bertz CT molecular complexity index is 388. The van der Waals surface area contributed by atoms with Crippen LogP contribution >= 0.6 is 15.9 Å². The van der Waals surface area contributed by atoms with E-state index in [0.29, 0.717) is 0 Å². The first-order valence-electron chi connectivity index (χ1n) is 4.67. The third-order valence-corrected chi connectivity index (χ3v) is 2.58.